The summed E-state index contributed by atoms with van der Waals surface area (Å²) in [6.45, 7) is 2.14. The van der Waals surface area contributed by atoms with Gasteiger partial charge in [0.25, 0.3) is 5.91 Å². The fourth-order valence-corrected chi connectivity index (χ4v) is 6.57. The van der Waals surface area contributed by atoms with Gasteiger partial charge in [0.15, 0.2) is 11.4 Å². The number of unbranched alkanes of at least 4 members (excludes halogenated alkanes) is 2. The van der Waals surface area contributed by atoms with Crippen LogP contribution in [0.15, 0.2) is 47.2 Å². The van der Waals surface area contributed by atoms with Gasteiger partial charge in [-0.3, -0.25) is 14.4 Å². The summed E-state index contributed by atoms with van der Waals surface area (Å²) < 4.78 is 5.66. The highest BCUT2D eigenvalue weighted by atomic mass is 16.5. The maximum atomic E-state index is 13.7. The van der Waals surface area contributed by atoms with Gasteiger partial charge in [-0.1, -0.05) is 31.9 Å². The number of aliphatic hydroxyl groups excluding tert-OH is 2. The van der Waals surface area contributed by atoms with E-state index in [1.54, 1.807) is 13.2 Å². The fourth-order valence-electron chi connectivity index (χ4n) is 6.57. The number of phenols is 1. The van der Waals surface area contributed by atoms with E-state index in [4.69, 9.17) is 10.5 Å². The van der Waals surface area contributed by atoms with Crippen molar-refractivity contribution in [3.05, 3.63) is 63.9 Å². The molecule has 2 aromatic rings. The van der Waals surface area contributed by atoms with E-state index in [-0.39, 0.29) is 36.1 Å². The molecule has 0 bridgehead atoms. The molecule has 3 aliphatic rings. The fraction of sp³-hybridized carbons (Fsp3) is 0.387. The Balaban J connectivity index is 1.66. The van der Waals surface area contributed by atoms with Gasteiger partial charge in [-0.05, 0) is 66.5 Å². The number of carbonyl (C=O) groups excluding carboxylic acids is 3. The van der Waals surface area contributed by atoms with Crippen molar-refractivity contribution in [3.8, 4) is 22.6 Å². The minimum absolute atomic E-state index is 0.0584. The van der Waals surface area contributed by atoms with Crippen LogP contribution in [0, 0.1) is 11.8 Å². The summed E-state index contributed by atoms with van der Waals surface area (Å²) in [5.41, 5.74) is 4.98. The molecular weight excluding hydrogens is 514 g/mol. The zero-order valence-corrected chi connectivity index (χ0v) is 22.5. The maximum absolute atomic E-state index is 13.7. The van der Waals surface area contributed by atoms with Crippen molar-refractivity contribution in [1.29, 1.82) is 0 Å². The van der Waals surface area contributed by atoms with Gasteiger partial charge in [0.05, 0.1) is 12.7 Å². The molecule has 0 saturated heterocycles. The van der Waals surface area contributed by atoms with E-state index in [0.29, 0.717) is 11.3 Å². The molecule has 0 aromatic heterocycles. The minimum Gasteiger partial charge on any atom is -0.508 e. The molecule has 1 amide bonds. The van der Waals surface area contributed by atoms with E-state index in [0.717, 1.165) is 42.4 Å². The number of aliphatic hydroxyl groups is 3. The minimum atomic E-state index is -2.58. The molecule has 0 radical (unpaired) electrons. The summed E-state index contributed by atoms with van der Waals surface area (Å²) >= 11 is 0. The Morgan fingerprint density at radius 1 is 1.07 bits per heavy atom. The van der Waals surface area contributed by atoms with Gasteiger partial charge in [-0.25, -0.2) is 0 Å². The van der Waals surface area contributed by atoms with E-state index in [1.807, 2.05) is 18.2 Å². The Morgan fingerprint density at radius 3 is 2.50 bits per heavy atom. The number of phenolic OH excluding ortho intramolecular Hbond substituents is 1. The van der Waals surface area contributed by atoms with E-state index >= 15 is 0 Å². The quantitative estimate of drug-likeness (QED) is 0.257. The van der Waals surface area contributed by atoms with Crippen LogP contribution in [0.25, 0.3) is 16.9 Å². The molecule has 210 valence electrons. The number of nitrogens with two attached hydrogens (primary N) is 1. The maximum Gasteiger partial charge on any atom is 0.255 e. The Hall–Kier alpha value is -4.11. The first-order valence-electron chi connectivity index (χ1n) is 13.5. The lowest BCUT2D eigenvalue weighted by Gasteiger charge is -2.46. The Bertz CT molecular complexity index is 1500. The molecular formula is C31H33NO8. The molecule has 0 aliphatic heterocycles. The highest BCUT2D eigenvalue weighted by molar-refractivity contribution is 6.22. The summed E-state index contributed by atoms with van der Waals surface area (Å²) in [5, 5.41) is 44.4. The van der Waals surface area contributed by atoms with Crippen molar-refractivity contribution >= 4 is 23.2 Å². The van der Waals surface area contributed by atoms with Gasteiger partial charge in [0.2, 0.25) is 5.78 Å². The standard InChI is InChI=1S/C31H33NO8/c1-3-4-5-6-15-7-10-23(40-2)19(11-15)18-8-9-21(33)25-20(18)13-16-12-17-14-22(34)26(30(32)38)29(37)31(17,39)28(36)24(16)27(25)35/h7-11,16-17,33,35,37,39H,3-6,12-14H2,1-2H3,(H2,32,38). The second-order valence-electron chi connectivity index (χ2n) is 10.9. The summed E-state index contributed by atoms with van der Waals surface area (Å²) in [4.78, 5) is 38.2. The molecule has 0 spiro atoms. The predicted molar refractivity (Wildman–Crippen MR) is 147 cm³/mol. The van der Waals surface area contributed by atoms with Crippen molar-refractivity contribution in [2.45, 2.75) is 57.5 Å². The number of aryl methyl sites for hydroxylation is 1. The molecule has 3 atom stereocenters. The third kappa shape index (κ3) is 4.07. The van der Waals surface area contributed by atoms with E-state index in [9.17, 15) is 34.8 Å². The predicted octanol–water partition coefficient (Wildman–Crippen LogP) is 3.83. The number of hydrogen-bond acceptors (Lipinski definition) is 8. The second-order valence-corrected chi connectivity index (χ2v) is 10.9. The smallest absolute Gasteiger partial charge is 0.255 e. The number of Topliss-reactive ketones (excluding diaryl/α,β-unsaturated/α-hetero) is 2. The van der Waals surface area contributed by atoms with Crippen LogP contribution in [0.3, 0.4) is 0 Å². The van der Waals surface area contributed by atoms with Crippen molar-refractivity contribution < 1.29 is 39.5 Å². The van der Waals surface area contributed by atoms with Crippen molar-refractivity contribution in [2.75, 3.05) is 7.11 Å². The number of primary amides is 1. The number of rotatable bonds is 7. The Kier molecular flexibility index (Phi) is 6.95. The van der Waals surface area contributed by atoms with Crippen molar-refractivity contribution in [3.63, 3.8) is 0 Å². The van der Waals surface area contributed by atoms with Crippen LogP contribution in [0.2, 0.25) is 0 Å². The molecule has 2 aromatic carbocycles. The van der Waals surface area contributed by atoms with Gasteiger partial charge < -0.3 is 30.9 Å². The lowest BCUT2D eigenvalue weighted by molar-refractivity contribution is -0.147. The summed E-state index contributed by atoms with van der Waals surface area (Å²) in [6.07, 6.45) is 4.07. The number of benzene rings is 2. The van der Waals surface area contributed by atoms with Crippen LogP contribution < -0.4 is 10.5 Å². The van der Waals surface area contributed by atoms with Crippen molar-refractivity contribution in [2.24, 2.45) is 17.6 Å². The van der Waals surface area contributed by atoms with E-state index < -0.39 is 52.0 Å². The lowest BCUT2D eigenvalue weighted by Crippen LogP contribution is -2.58. The molecule has 3 aliphatic carbocycles. The average molecular weight is 548 g/mol. The molecule has 1 saturated carbocycles. The van der Waals surface area contributed by atoms with Gasteiger partial charge in [0, 0.05) is 23.5 Å². The Labute approximate surface area is 231 Å². The highest BCUT2D eigenvalue weighted by Crippen LogP contribution is 2.53. The molecule has 40 heavy (non-hydrogen) atoms. The van der Waals surface area contributed by atoms with Gasteiger partial charge in [-0.15, -0.1) is 0 Å². The number of carbonyl (C=O) groups is 3. The summed E-state index contributed by atoms with van der Waals surface area (Å²) in [5.74, 6) is -5.87. The van der Waals surface area contributed by atoms with Crippen LogP contribution in [0.1, 0.15) is 55.7 Å². The summed E-state index contributed by atoms with van der Waals surface area (Å²) in [7, 11) is 1.57. The molecule has 3 unspecified atom stereocenters. The first-order valence-corrected chi connectivity index (χ1v) is 13.5. The number of fused-ring (bicyclic) bond motifs is 3. The van der Waals surface area contributed by atoms with Crippen LogP contribution in [-0.4, -0.2) is 50.6 Å². The largest absolute Gasteiger partial charge is 0.508 e. The highest BCUT2D eigenvalue weighted by Gasteiger charge is 2.60. The first kappa shape index (κ1) is 27.5. The number of methoxy groups -OCH3 is 1. The van der Waals surface area contributed by atoms with Gasteiger partial charge >= 0.3 is 0 Å². The van der Waals surface area contributed by atoms with Crippen LogP contribution in [0.4, 0.5) is 0 Å². The molecule has 9 heteroatoms. The number of hydrogen-bond donors (Lipinski definition) is 5. The van der Waals surface area contributed by atoms with E-state index in [1.165, 1.54) is 6.07 Å². The first-order chi connectivity index (χ1) is 19.0. The molecule has 0 heterocycles. The molecule has 1 fully saturated rings. The number of aromatic hydroxyl groups is 1. The number of ketones is 2. The van der Waals surface area contributed by atoms with Crippen molar-refractivity contribution in [1.82, 2.24) is 0 Å². The normalized spacial score (nSPS) is 24.0. The van der Waals surface area contributed by atoms with Gasteiger partial charge in [0.1, 0.15) is 28.6 Å². The lowest BCUT2D eigenvalue weighted by atomic mass is 9.59. The van der Waals surface area contributed by atoms with Crippen LogP contribution in [0.5, 0.6) is 11.5 Å². The Morgan fingerprint density at radius 2 is 1.82 bits per heavy atom. The average Bonchev–Trinajstić information content (AvgIpc) is 2.91. The molecule has 6 N–H and O–H groups in total. The third-order valence-corrected chi connectivity index (χ3v) is 8.57. The molecule has 9 nitrogen and oxygen atoms in total. The zero-order chi connectivity index (χ0) is 28.9. The molecule has 5 rings (SSSR count). The zero-order valence-electron chi connectivity index (χ0n) is 22.5. The number of ether oxygens (including phenoxy) is 1. The van der Waals surface area contributed by atoms with E-state index in [2.05, 4.69) is 6.92 Å². The summed E-state index contributed by atoms with van der Waals surface area (Å²) in [6, 6.07) is 9.13. The third-order valence-electron chi connectivity index (χ3n) is 8.57. The topological polar surface area (TPSA) is 167 Å². The SMILES string of the molecule is CCCCCc1ccc(OC)c(-c2ccc(O)c3c2CC2CC4CC(=O)C(C(N)=O)=C(O)C4(O)C(=O)C2=C3O)c1. The monoisotopic (exact) mass is 547 g/mol. The number of amides is 1. The van der Waals surface area contributed by atoms with Crippen LogP contribution in [-0.2, 0) is 27.2 Å². The second kappa shape index (κ2) is 10.1. The van der Waals surface area contributed by atoms with Crippen LogP contribution >= 0.6 is 0 Å². The van der Waals surface area contributed by atoms with Gasteiger partial charge in [-0.2, -0.15) is 0 Å².